The van der Waals surface area contributed by atoms with E-state index in [9.17, 15) is 4.79 Å². The third-order valence-corrected chi connectivity index (χ3v) is 4.03. The second-order valence-corrected chi connectivity index (χ2v) is 6.27. The van der Waals surface area contributed by atoms with Crippen molar-refractivity contribution in [2.24, 2.45) is 0 Å². The topological polar surface area (TPSA) is 42.0 Å². The van der Waals surface area contributed by atoms with E-state index in [2.05, 4.69) is 35.4 Å². The summed E-state index contributed by atoms with van der Waals surface area (Å²) in [5.41, 5.74) is 2.46. The Hall–Kier alpha value is -1.68. The Morgan fingerprint density at radius 2 is 2.15 bits per heavy atom. The number of nitrogens with zero attached hydrogens (tertiary/aromatic N) is 1. The van der Waals surface area contributed by atoms with Gasteiger partial charge in [-0.2, -0.15) is 0 Å². The van der Waals surface area contributed by atoms with Gasteiger partial charge in [0, 0.05) is 30.5 Å². The summed E-state index contributed by atoms with van der Waals surface area (Å²) >= 11 is 1.69. The molecule has 1 aromatic heterocycles. The van der Waals surface area contributed by atoms with E-state index in [4.69, 9.17) is 0 Å². The maximum Gasteiger partial charge on any atom is 0.220 e. The molecular weight excluding hydrogens is 268 g/mol. The van der Waals surface area contributed by atoms with Gasteiger partial charge >= 0.3 is 0 Å². The molecule has 2 aromatic rings. The summed E-state index contributed by atoms with van der Waals surface area (Å²) < 4.78 is 0. The van der Waals surface area contributed by atoms with Crippen LogP contribution in [0.1, 0.15) is 27.4 Å². The minimum Gasteiger partial charge on any atom is -0.356 e. The highest BCUT2D eigenvalue weighted by Gasteiger charge is 2.03. The van der Waals surface area contributed by atoms with Gasteiger partial charge in [0.1, 0.15) is 0 Å². The van der Waals surface area contributed by atoms with Gasteiger partial charge in [0.05, 0.1) is 5.01 Å². The Morgan fingerprint density at radius 1 is 1.30 bits per heavy atom. The molecule has 106 valence electrons. The van der Waals surface area contributed by atoms with Gasteiger partial charge in [-0.1, -0.05) is 29.8 Å². The van der Waals surface area contributed by atoms with Crippen molar-refractivity contribution in [3.05, 3.63) is 51.5 Å². The van der Waals surface area contributed by atoms with Crippen molar-refractivity contribution in [1.82, 2.24) is 10.3 Å². The number of aromatic nitrogens is 1. The second-order valence-electron chi connectivity index (χ2n) is 4.95. The van der Waals surface area contributed by atoms with Crippen LogP contribution in [0.2, 0.25) is 0 Å². The molecule has 0 bridgehead atoms. The fraction of sp³-hybridized carbons (Fsp3) is 0.375. The highest BCUT2D eigenvalue weighted by molar-refractivity contribution is 7.11. The first-order valence-electron chi connectivity index (χ1n) is 6.87. The average Bonchev–Trinajstić information content (AvgIpc) is 2.82. The molecule has 0 atom stereocenters. The highest BCUT2D eigenvalue weighted by Crippen LogP contribution is 2.11. The smallest absolute Gasteiger partial charge is 0.220 e. The maximum absolute atomic E-state index is 11.8. The molecule has 1 aromatic carbocycles. The van der Waals surface area contributed by atoms with Crippen molar-refractivity contribution in [2.45, 2.75) is 33.1 Å². The average molecular weight is 288 g/mol. The molecule has 0 spiro atoms. The lowest BCUT2D eigenvalue weighted by Gasteiger charge is -2.05. The Bertz CT molecular complexity index is 577. The lowest BCUT2D eigenvalue weighted by Crippen LogP contribution is -2.25. The van der Waals surface area contributed by atoms with Crippen LogP contribution >= 0.6 is 11.3 Å². The molecule has 0 aliphatic carbocycles. The van der Waals surface area contributed by atoms with Crippen LogP contribution in [0.25, 0.3) is 0 Å². The molecule has 0 radical (unpaired) electrons. The Labute approximate surface area is 124 Å². The molecule has 4 heteroatoms. The second kappa shape index (κ2) is 7.20. The van der Waals surface area contributed by atoms with E-state index in [0.717, 1.165) is 17.8 Å². The van der Waals surface area contributed by atoms with Crippen LogP contribution in [0.3, 0.4) is 0 Å². The molecule has 2 rings (SSSR count). The third-order valence-electron chi connectivity index (χ3n) is 3.05. The Balaban J connectivity index is 1.68. The summed E-state index contributed by atoms with van der Waals surface area (Å²) in [6.07, 6.45) is 4.03. The van der Waals surface area contributed by atoms with E-state index in [1.807, 2.05) is 19.2 Å². The standard InChI is InChI=1S/C16H20N2OS/c1-12-4-3-5-14(10-12)6-7-15(19)17-9-8-16-18-11-13(2)20-16/h3-5,10-11H,6-9H2,1-2H3,(H,17,19). The number of nitrogens with one attached hydrogen (secondary N) is 1. The predicted molar refractivity (Wildman–Crippen MR) is 83.1 cm³/mol. The van der Waals surface area contributed by atoms with Crippen molar-refractivity contribution in [2.75, 3.05) is 6.54 Å². The number of rotatable bonds is 6. The molecule has 1 N–H and O–H groups in total. The van der Waals surface area contributed by atoms with E-state index < -0.39 is 0 Å². The SMILES string of the molecule is Cc1cccc(CCC(=O)NCCc2ncc(C)s2)c1. The summed E-state index contributed by atoms with van der Waals surface area (Å²) in [6.45, 7) is 4.78. The number of thiazole rings is 1. The van der Waals surface area contributed by atoms with Gasteiger partial charge in [0.2, 0.25) is 5.91 Å². The van der Waals surface area contributed by atoms with Crippen LogP contribution in [0.4, 0.5) is 0 Å². The predicted octanol–water partition coefficient (Wildman–Crippen LogP) is 3.05. The molecule has 1 heterocycles. The first-order valence-corrected chi connectivity index (χ1v) is 7.68. The van der Waals surface area contributed by atoms with E-state index in [0.29, 0.717) is 13.0 Å². The molecule has 0 fully saturated rings. The van der Waals surface area contributed by atoms with Crippen LogP contribution in [0.5, 0.6) is 0 Å². The van der Waals surface area contributed by atoms with Crippen LogP contribution in [0, 0.1) is 13.8 Å². The van der Waals surface area contributed by atoms with Crippen molar-refractivity contribution in [3.63, 3.8) is 0 Å². The molecule has 0 aliphatic heterocycles. The van der Waals surface area contributed by atoms with Gasteiger partial charge in [0.25, 0.3) is 0 Å². The quantitative estimate of drug-likeness (QED) is 0.887. The number of carbonyl (C=O) groups excluding carboxylic acids is 1. The van der Waals surface area contributed by atoms with E-state index in [-0.39, 0.29) is 5.91 Å². The number of hydrogen-bond donors (Lipinski definition) is 1. The Kier molecular flexibility index (Phi) is 5.30. The normalized spacial score (nSPS) is 10.5. The fourth-order valence-electron chi connectivity index (χ4n) is 2.04. The summed E-state index contributed by atoms with van der Waals surface area (Å²) in [4.78, 5) is 17.3. The molecule has 20 heavy (non-hydrogen) atoms. The summed E-state index contributed by atoms with van der Waals surface area (Å²) in [6, 6.07) is 8.30. The van der Waals surface area contributed by atoms with Gasteiger partial charge < -0.3 is 5.32 Å². The van der Waals surface area contributed by atoms with Crippen molar-refractivity contribution in [3.8, 4) is 0 Å². The van der Waals surface area contributed by atoms with Crippen molar-refractivity contribution < 1.29 is 4.79 Å². The Morgan fingerprint density at radius 3 is 2.85 bits per heavy atom. The molecule has 0 unspecified atom stereocenters. The molecular formula is C16H20N2OS. The third kappa shape index (κ3) is 4.78. The molecule has 1 amide bonds. The number of carbonyl (C=O) groups is 1. The number of amides is 1. The monoisotopic (exact) mass is 288 g/mol. The number of hydrogen-bond acceptors (Lipinski definition) is 3. The zero-order chi connectivity index (χ0) is 14.4. The van der Waals surface area contributed by atoms with Gasteiger partial charge in [-0.3, -0.25) is 4.79 Å². The van der Waals surface area contributed by atoms with Crippen LogP contribution < -0.4 is 5.32 Å². The molecule has 0 saturated carbocycles. The van der Waals surface area contributed by atoms with E-state index >= 15 is 0 Å². The molecule has 0 aliphatic rings. The summed E-state index contributed by atoms with van der Waals surface area (Å²) in [5, 5.41) is 4.04. The largest absolute Gasteiger partial charge is 0.356 e. The summed E-state index contributed by atoms with van der Waals surface area (Å²) in [7, 11) is 0. The molecule has 0 saturated heterocycles. The lowest BCUT2D eigenvalue weighted by molar-refractivity contribution is -0.121. The first kappa shape index (κ1) is 14.7. The van der Waals surface area contributed by atoms with Crippen LogP contribution in [-0.2, 0) is 17.6 Å². The highest BCUT2D eigenvalue weighted by atomic mass is 32.1. The number of benzene rings is 1. The number of aryl methyl sites for hydroxylation is 3. The minimum atomic E-state index is 0.111. The van der Waals surface area contributed by atoms with Gasteiger partial charge in [-0.25, -0.2) is 4.98 Å². The van der Waals surface area contributed by atoms with Gasteiger partial charge in [-0.05, 0) is 25.8 Å². The lowest BCUT2D eigenvalue weighted by atomic mass is 10.1. The zero-order valence-corrected chi connectivity index (χ0v) is 12.8. The van der Waals surface area contributed by atoms with Crippen LogP contribution in [0.15, 0.2) is 30.5 Å². The van der Waals surface area contributed by atoms with Crippen molar-refractivity contribution in [1.29, 1.82) is 0 Å². The fourth-order valence-corrected chi connectivity index (χ4v) is 2.83. The minimum absolute atomic E-state index is 0.111. The van der Waals surface area contributed by atoms with E-state index in [1.54, 1.807) is 11.3 Å². The first-order chi connectivity index (χ1) is 9.63. The van der Waals surface area contributed by atoms with Gasteiger partial charge in [-0.15, -0.1) is 11.3 Å². The van der Waals surface area contributed by atoms with E-state index in [1.165, 1.54) is 16.0 Å². The van der Waals surface area contributed by atoms with Gasteiger partial charge in [0.15, 0.2) is 0 Å². The summed E-state index contributed by atoms with van der Waals surface area (Å²) in [5.74, 6) is 0.111. The molecule has 3 nitrogen and oxygen atoms in total. The van der Waals surface area contributed by atoms with Crippen LogP contribution in [-0.4, -0.2) is 17.4 Å². The maximum atomic E-state index is 11.8. The van der Waals surface area contributed by atoms with Crippen molar-refractivity contribution >= 4 is 17.2 Å². The zero-order valence-electron chi connectivity index (χ0n) is 12.0.